The Hall–Kier alpha value is -0.820. The van der Waals surface area contributed by atoms with Crippen molar-refractivity contribution in [3.8, 4) is 0 Å². The lowest BCUT2D eigenvalue weighted by Crippen LogP contribution is -2.51. The minimum Gasteiger partial charge on any atom is -0.360 e. The minimum atomic E-state index is 0.138. The van der Waals surface area contributed by atoms with Crippen molar-refractivity contribution in [2.45, 2.75) is 56.2 Å². The molecule has 0 radical (unpaired) electrons. The smallest absolute Gasteiger partial charge is 0.230 e. The standard InChI is InChI=1S/C18H28N4OS2/c1-2-3-19-16-21-22-17(25-16)24-10-15(23)20-11-18-7-12-4-13(8-18)6-14(5-12)9-18/h12-14H,2-11H2,1H3,(H,19,21)(H,20,23). The van der Waals surface area contributed by atoms with Gasteiger partial charge in [-0.3, -0.25) is 4.79 Å². The maximum Gasteiger partial charge on any atom is 0.230 e. The first-order chi connectivity index (χ1) is 12.1. The Balaban J connectivity index is 1.22. The molecule has 1 aromatic rings. The molecule has 4 bridgehead atoms. The van der Waals surface area contributed by atoms with E-state index in [0.717, 1.165) is 46.7 Å². The fraction of sp³-hybridized carbons (Fsp3) is 0.833. The lowest BCUT2D eigenvalue weighted by Gasteiger charge is -2.56. The van der Waals surface area contributed by atoms with Crippen molar-refractivity contribution in [3.63, 3.8) is 0 Å². The summed E-state index contributed by atoms with van der Waals surface area (Å²) in [6.07, 6.45) is 9.45. The molecule has 1 heterocycles. The topological polar surface area (TPSA) is 66.9 Å². The highest BCUT2D eigenvalue weighted by Crippen LogP contribution is 2.59. The molecule has 25 heavy (non-hydrogen) atoms. The van der Waals surface area contributed by atoms with Gasteiger partial charge < -0.3 is 10.6 Å². The largest absolute Gasteiger partial charge is 0.360 e. The summed E-state index contributed by atoms with van der Waals surface area (Å²) in [5, 5.41) is 15.6. The Morgan fingerprint density at radius 2 is 1.88 bits per heavy atom. The molecule has 0 atom stereocenters. The van der Waals surface area contributed by atoms with Crippen LogP contribution in [0.3, 0.4) is 0 Å². The van der Waals surface area contributed by atoms with Gasteiger partial charge in [0.15, 0.2) is 4.34 Å². The minimum absolute atomic E-state index is 0.138. The zero-order valence-corrected chi connectivity index (χ0v) is 16.6. The molecule has 2 N–H and O–H groups in total. The van der Waals surface area contributed by atoms with Crippen LogP contribution in [-0.4, -0.2) is 34.9 Å². The highest BCUT2D eigenvalue weighted by atomic mass is 32.2. The summed E-state index contributed by atoms with van der Waals surface area (Å²) in [4.78, 5) is 12.3. The van der Waals surface area contributed by atoms with Crippen molar-refractivity contribution >= 4 is 34.1 Å². The van der Waals surface area contributed by atoms with Gasteiger partial charge in [-0.15, -0.1) is 10.2 Å². The maximum atomic E-state index is 12.3. The van der Waals surface area contributed by atoms with Gasteiger partial charge in [-0.2, -0.15) is 0 Å². The van der Waals surface area contributed by atoms with E-state index in [1.807, 2.05) is 0 Å². The van der Waals surface area contributed by atoms with Crippen LogP contribution in [0.25, 0.3) is 0 Å². The number of thioether (sulfide) groups is 1. The molecular weight excluding hydrogens is 352 g/mol. The normalized spacial score (nSPS) is 32.8. The fourth-order valence-corrected chi connectivity index (χ4v) is 7.15. The number of amides is 1. The van der Waals surface area contributed by atoms with Gasteiger partial charge in [0.2, 0.25) is 11.0 Å². The third-order valence-corrected chi connectivity index (χ3v) is 8.10. The summed E-state index contributed by atoms with van der Waals surface area (Å²) in [7, 11) is 0. The van der Waals surface area contributed by atoms with Crippen molar-refractivity contribution < 1.29 is 4.79 Å². The molecule has 0 aromatic carbocycles. The third kappa shape index (κ3) is 4.13. The predicted molar refractivity (Wildman–Crippen MR) is 103 cm³/mol. The molecule has 0 spiro atoms. The molecule has 4 saturated carbocycles. The van der Waals surface area contributed by atoms with Crippen LogP contribution in [0.4, 0.5) is 5.13 Å². The van der Waals surface area contributed by atoms with E-state index in [1.165, 1.54) is 61.6 Å². The summed E-state index contributed by atoms with van der Waals surface area (Å²) in [6, 6.07) is 0. The molecule has 5 rings (SSSR count). The number of anilines is 1. The van der Waals surface area contributed by atoms with E-state index in [4.69, 9.17) is 0 Å². The molecule has 138 valence electrons. The second-order valence-corrected chi connectivity index (χ2v) is 10.5. The monoisotopic (exact) mass is 380 g/mol. The van der Waals surface area contributed by atoms with Crippen LogP contribution < -0.4 is 10.6 Å². The van der Waals surface area contributed by atoms with E-state index in [1.54, 1.807) is 0 Å². The molecule has 4 aliphatic carbocycles. The molecule has 0 saturated heterocycles. The van der Waals surface area contributed by atoms with Gasteiger partial charge in [0.25, 0.3) is 0 Å². The third-order valence-electron chi connectivity index (χ3n) is 6.09. The average molecular weight is 381 g/mol. The molecule has 1 amide bonds. The van der Waals surface area contributed by atoms with Crippen molar-refractivity contribution in [2.24, 2.45) is 23.2 Å². The van der Waals surface area contributed by atoms with E-state index in [-0.39, 0.29) is 5.91 Å². The van der Waals surface area contributed by atoms with E-state index in [9.17, 15) is 4.79 Å². The van der Waals surface area contributed by atoms with E-state index >= 15 is 0 Å². The Morgan fingerprint density at radius 3 is 2.52 bits per heavy atom. The van der Waals surface area contributed by atoms with Crippen LogP contribution in [0.15, 0.2) is 4.34 Å². The number of hydrogen-bond acceptors (Lipinski definition) is 6. The highest BCUT2D eigenvalue weighted by molar-refractivity contribution is 8.01. The number of carbonyl (C=O) groups excluding carboxylic acids is 1. The second kappa shape index (κ2) is 7.43. The van der Waals surface area contributed by atoms with E-state index in [0.29, 0.717) is 11.2 Å². The molecular formula is C18H28N4OS2. The molecule has 4 fully saturated rings. The molecule has 1 aromatic heterocycles. The van der Waals surface area contributed by atoms with Gasteiger partial charge >= 0.3 is 0 Å². The molecule has 0 aliphatic heterocycles. The fourth-order valence-electron chi connectivity index (χ4n) is 5.54. The quantitative estimate of drug-likeness (QED) is 0.672. The number of hydrogen-bond donors (Lipinski definition) is 2. The summed E-state index contributed by atoms with van der Waals surface area (Å²) >= 11 is 3.02. The van der Waals surface area contributed by atoms with Crippen LogP contribution in [0.1, 0.15) is 51.9 Å². The summed E-state index contributed by atoms with van der Waals surface area (Å²) in [5.74, 6) is 3.39. The molecule has 7 heteroatoms. The van der Waals surface area contributed by atoms with Gasteiger partial charge in [-0.05, 0) is 68.1 Å². The molecule has 0 unspecified atom stereocenters. The second-order valence-electron chi connectivity index (χ2n) is 8.28. The number of nitrogens with zero attached hydrogens (tertiary/aromatic N) is 2. The van der Waals surface area contributed by atoms with Crippen LogP contribution in [0, 0.1) is 23.2 Å². The van der Waals surface area contributed by atoms with Gasteiger partial charge in [-0.25, -0.2) is 0 Å². The Bertz CT molecular complexity index is 583. The summed E-state index contributed by atoms with van der Waals surface area (Å²) in [5.41, 5.74) is 0.412. The summed E-state index contributed by atoms with van der Waals surface area (Å²) in [6.45, 7) is 3.91. The lowest BCUT2D eigenvalue weighted by atomic mass is 9.49. The first kappa shape index (κ1) is 17.6. The molecule has 5 nitrogen and oxygen atoms in total. The lowest BCUT2D eigenvalue weighted by molar-refractivity contribution is -0.120. The van der Waals surface area contributed by atoms with Crippen LogP contribution in [-0.2, 0) is 4.79 Å². The van der Waals surface area contributed by atoms with Crippen molar-refractivity contribution in [1.29, 1.82) is 0 Å². The van der Waals surface area contributed by atoms with Gasteiger partial charge in [-0.1, -0.05) is 30.0 Å². The number of rotatable bonds is 8. The predicted octanol–water partition coefficient (Wildman–Crippen LogP) is 3.78. The average Bonchev–Trinajstić information content (AvgIpc) is 3.03. The Kier molecular flexibility index (Phi) is 5.23. The van der Waals surface area contributed by atoms with Gasteiger partial charge in [0, 0.05) is 13.1 Å². The number of carbonyl (C=O) groups is 1. The number of aromatic nitrogens is 2. The maximum absolute atomic E-state index is 12.3. The van der Waals surface area contributed by atoms with Crippen molar-refractivity contribution in [3.05, 3.63) is 0 Å². The zero-order chi connectivity index (χ0) is 17.3. The van der Waals surface area contributed by atoms with Crippen LogP contribution in [0.5, 0.6) is 0 Å². The SMILES string of the molecule is CCCNc1nnc(SCC(=O)NCC23CC4CC(CC(C4)C2)C3)s1. The van der Waals surface area contributed by atoms with E-state index in [2.05, 4.69) is 27.8 Å². The Morgan fingerprint density at radius 1 is 1.20 bits per heavy atom. The number of nitrogens with one attached hydrogen (secondary N) is 2. The highest BCUT2D eigenvalue weighted by Gasteiger charge is 2.50. The van der Waals surface area contributed by atoms with Crippen molar-refractivity contribution in [1.82, 2.24) is 15.5 Å². The summed E-state index contributed by atoms with van der Waals surface area (Å²) < 4.78 is 0.864. The molecule has 4 aliphatic rings. The first-order valence-electron chi connectivity index (χ1n) is 9.61. The van der Waals surface area contributed by atoms with E-state index < -0.39 is 0 Å². The van der Waals surface area contributed by atoms with Gasteiger partial charge in [0.1, 0.15) is 0 Å². The van der Waals surface area contributed by atoms with Crippen LogP contribution >= 0.6 is 23.1 Å². The first-order valence-corrected chi connectivity index (χ1v) is 11.4. The van der Waals surface area contributed by atoms with Gasteiger partial charge in [0.05, 0.1) is 5.75 Å². The van der Waals surface area contributed by atoms with Crippen molar-refractivity contribution in [2.75, 3.05) is 24.2 Å². The Labute approximate surface area is 158 Å². The zero-order valence-electron chi connectivity index (χ0n) is 14.9. The van der Waals surface area contributed by atoms with Crippen LogP contribution in [0.2, 0.25) is 0 Å².